The van der Waals surface area contributed by atoms with Crippen molar-refractivity contribution in [1.82, 2.24) is 0 Å². The van der Waals surface area contributed by atoms with Crippen molar-refractivity contribution in [3.63, 3.8) is 0 Å². The molecule has 5 heteroatoms. The van der Waals surface area contributed by atoms with Gasteiger partial charge in [-0.3, -0.25) is 9.36 Å². The van der Waals surface area contributed by atoms with E-state index in [4.69, 9.17) is 9.05 Å². The minimum absolute atomic E-state index is 0.183. The molecule has 1 rings (SSSR count). The number of carbonyl (C=O) groups excluding carboxylic acids is 1. The quantitative estimate of drug-likeness (QED) is 0.521. The largest absolute Gasteiger partial charge is 0.348 e. The Morgan fingerprint density at radius 2 is 1.87 bits per heavy atom. The zero-order chi connectivity index (χ0) is 11.7. The minimum atomic E-state index is -3.37. The van der Waals surface area contributed by atoms with Gasteiger partial charge < -0.3 is 9.05 Å². The van der Waals surface area contributed by atoms with Crippen molar-refractivity contribution in [2.75, 3.05) is 13.2 Å². The van der Waals surface area contributed by atoms with E-state index in [1.165, 1.54) is 6.92 Å². The summed E-state index contributed by atoms with van der Waals surface area (Å²) >= 11 is 0. The zero-order valence-electron chi connectivity index (χ0n) is 9.41. The van der Waals surface area contributed by atoms with Crippen LogP contribution in [-0.2, 0) is 18.4 Å². The minimum Gasteiger partial charge on any atom is -0.308 e. The fraction of sp³-hybridized carbons (Fsp3) is 0.700. The molecule has 0 N–H and O–H groups in total. The summed E-state index contributed by atoms with van der Waals surface area (Å²) in [6.07, 6.45) is 0.416. The maximum Gasteiger partial charge on any atom is 0.348 e. The second-order valence-corrected chi connectivity index (χ2v) is 5.80. The highest BCUT2D eigenvalue weighted by atomic mass is 31.2. The lowest BCUT2D eigenvalue weighted by atomic mass is 10.3. The molecule has 4 nitrogen and oxygen atoms in total. The lowest BCUT2D eigenvalue weighted by molar-refractivity contribution is -0.117. The normalized spacial score (nSPS) is 25.4. The van der Waals surface area contributed by atoms with Crippen molar-refractivity contribution < 1.29 is 18.4 Å². The summed E-state index contributed by atoms with van der Waals surface area (Å²) in [5.74, 6) is -0.183. The Bertz CT molecular complexity index is 326. The van der Waals surface area contributed by atoms with Crippen molar-refractivity contribution in [1.29, 1.82) is 0 Å². The summed E-state index contributed by atoms with van der Waals surface area (Å²) in [5, 5.41) is -1.06. The molecule has 1 atom stereocenters. The van der Waals surface area contributed by atoms with Crippen molar-refractivity contribution in [3.05, 3.63) is 12.2 Å². The first kappa shape index (κ1) is 12.6. The maximum atomic E-state index is 12.4. The lowest BCUT2D eigenvalue weighted by Gasteiger charge is -2.23. The van der Waals surface area contributed by atoms with Crippen LogP contribution in [0.25, 0.3) is 0 Å². The van der Waals surface area contributed by atoms with Crippen LogP contribution in [0.15, 0.2) is 12.2 Å². The third-order valence-electron chi connectivity index (χ3n) is 2.58. The number of rotatable bonds is 6. The molecule has 0 bridgehead atoms. The van der Waals surface area contributed by atoms with Crippen LogP contribution in [0.4, 0.5) is 0 Å². The Labute approximate surface area is 90.2 Å². The van der Waals surface area contributed by atoms with Gasteiger partial charge in [0.25, 0.3) is 0 Å². The van der Waals surface area contributed by atoms with Gasteiger partial charge in [0.15, 0.2) is 10.9 Å². The lowest BCUT2D eigenvalue weighted by Crippen LogP contribution is -2.23. The Morgan fingerprint density at radius 1 is 1.47 bits per heavy atom. The second kappa shape index (κ2) is 4.20. The molecule has 1 saturated carbocycles. The van der Waals surface area contributed by atoms with Crippen LogP contribution in [-0.4, -0.2) is 24.2 Å². The molecule has 0 aromatic carbocycles. The molecule has 1 aliphatic rings. The van der Waals surface area contributed by atoms with Gasteiger partial charge in [-0.25, -0.2) is 0 Å². The molecule has 0 spiro atoms. The highest BCUT2D eigenvalue weighted by Crippen LogP contribution is 2.73. The predicted molar refractivity (Wildman–Crippen MR) is 58.0 cm³/mol. The van der Waals surface area contributed by atoms with Crippen LogP contribution in [0, 0.1) is 0 Å². The number of Topliss-reactive ketones (excluding diaryl/α,β-unsaturated/α-hetero) is 1. The summed E-state index contributed by atoms with van der Waals surface area (Å²) in [5.41, 5.74) is 0.653. The molecular weight excluding hydrogens is 215 g/mol. The third-order valence-corrected chi connectivity index (χ3v) is 5.50. The smallest absolute Gasteiger partial charge is 0.308 e. The van der Waals surface area contributed by atoms with E-state index in [1.54, 1.807) is 13.8 Å². The fourth-order valence-corrected chi connectivity index (χ4v) is 4.07. The van der Waals surface area contributed by atoms with E-state index >= 15 is 0 Å². The van der Waals surface area contributed by atoms with Gasteiger partial charge in [0.05, 0.1) is 13.2 Å². The van der Waals surface area contributed by atoms with Gasteiger partial charge in [0, 0.05) is 0 Å². The van der Waals surface area contributed by atoms with Crippen LogP contribution in [0.2, 0.25) is 0 Å². The van der Waals surface area contributed by atoms with Gasteiger partial charge in [-0.1, -0.05) is 6.58 Å². The van der Waals surface area contributed by atoms with Gasteiger partial charge in [-0.2, -0.15) is 0 Å². The molecule has 0 radical (unpaired) electrons. The molecule has 1 aliphatic carbocycles. The van der Waals surface area contributed by atoms with Crippen LogP contribution >= 0.6 is 7.60 Å². The molecule has 0 aromatic heterocycles. The van der Waals surface area contributed by atoms with Crippen molar-refractivity contribution >= 4 is 13.4 Å². The molecule has 1 fully saturated rings. The van der Waals surface area contributed by atoms with Crippen LogP contribution < -0.4 is 0 Å². The SMILES string of the molecule is C=C1CC1(C(C)=O)P(=O)(OCC)OCC. The first-order chi connectivity index (χ1) is 6.94. The molecule has 0 heterocycles. The summed E-state index contributed by atoms with van der Waals surface area (Å²) in [4.78, 5) is 11.5. The fourth-order valence-electron chi connectivity index (χ4n) is 1.72. The van der Waals surface area contributed by atoms with E-state index < -0.39 is 12.8 Å². The van der Waals surface area contributed by atoms with Gasteiger partial charge in [-0.15, -0.1) is 0 Å². The van der Waals surface area contributed by atoms with E-state index in [0.29, 0.717) is 12.0 Å². The number of allylic oxidation sites excluding steroid dienone is 1. The average Bonchev–Trinajstić information content (AvgIpc) is 2.80. The Kier molecular flexibility index (Phi) is 3.54. The highest BCUT2D eigenvalue weighted by molar-refractivity contribution is 7.57. The second-order valence-electron chi connectivity index (χ2n) is 3.53. The van der Waals surface area contributed by atoms with Gasteiger partial charge >= 0.3 is 7.60 Å². The van der Waals surface area contributed by atoms with E-state index in [2.05, 4.69) is 6.58 Å². The summed E-state index contributed by atoms with van der Waals surface area (Å²) in [7, 11) is -3.37. The molecule has 0 amide bonds. The number of carbonyl (C=O) groups is 1. The molecule has 0 aliphatic heterocycles. The third kappa shape index (κ3) is 1.82. The maximum absolute atomic E-state index is 12.4. The zero-order valence-corrected chi connectivity index (χ0v) is 10.3. The van der Waals surface area contributed by atoms with E-state index in [0.717, 1.165) is 0 Å². The molecule has 86 valence electrons. The van der Waals surface area contributed by atoms with E-state index in [1.807, 2.05) is 0 Å². The van der Waals surface area contributed by atoms with Crippen LogP contribution in [0.5, 0.6) is 0 Å². The molecule has 15 heavy (non-hydrogen) atoms. The van der Waals surface area contributed by atoms with E-state index in [-0.39, 0.29) is 19.0 Å². The van der Waals surface area contributed by atoms with Gasteiger partial charge in [0.1, 0.15) is 0 Å². The Hall–Kier alpha value is -0.440. The number of ketones is 1. The standard InChI is InChI=1S/C10H17O4P/c1-5-13-15(12,14-6-2)10(9(4)11)7-8(10)3/h3,5-7H2,1-2,4H3. The first-order valence-electron chi connectivity index (χ1n) is 5.03. The monoisotopic (exact) mass is 232 g/mol. The molecular formula is C10H17O4P. The van der Waals surface area contributed by atoms with Crippen molar-refractivity contribution in [2.24, 2.45) is 0 Å². The van der Waals surface area contributed by atoms with Crippen molar-refractivity contribution in [2.45, 2.75) is 32.3 Å². The first-order valence-corrected chi connectivity index (χ1v) is 6.57. The average molecular weight is 232 g/mol. The van der Waals surface area contributed by atoms with Crippen LogP contribution in [0.3, 0.4) is 0 Å². The van der Waals surface area contributed by atoms with E-state index in [9.17, 15) is 9.36 Å². The number of hydrogen-bond acceptors (Lipinski definition) is 4. The van der Waals surface area contributed by atoms with Crippen LogP contribution in [0.1, 0.15) is 27.2 Å². The van der Waals surface area contributed by atoms with Gasteiger partial charge in [-0.05, 0) is 32.8 Å². The summed E-state index contributed by atoms with van der Waals surface area (Å²) in [6.45, 7) is 9.11. The molecule has 1 unspecified atom stereocenters. The molecule has 0 aromatic rings. The summed E-state index contributed by atoms with van der Waals surface area (Å²) < 4.78 is 22.8. The Morgan fingerprint density at radius 3 is 2.07 bits per heavy atom. The topological polar surface area (TPSA) is 52.6 Å². The van der Waals surface area contributed by atoms with Crippen molar-refractivity contribution in [3.8, 4) is 0 Å². The number of hydrogen-bond donors (Lipinski definition) is 0. The highest BCUT2D eigenvalue weighted by Gasteiger charge is 2.67. The predicted octanol–water partition coefficient (Wildman–Crippen LogP) is 2.54. The summed E-state index contributed by atoms with van der Waals surface area (Å²) in [6, 6.07) is 0. The molecule has 0 saturated heterocycles. The van der Waals surface area contributed by atoms with Gasteiger partial charge in [0.2, 0.25) is 0 Å². The Balaban J connectivity index is 3.04.